The SMILES string of the molecule is CCCCCCCOc1ncc(CNC2CC2)cc1Cl. The van der Waals surface area contributed by atoms with E-state index < -0.39 is 0 Å². The molecule has 0 unspecified atom stereocenters. The van der Waals surface area contributed by atoms with Crippen molar-refractivity contribution in [2.75, 3.05) is 6.61 Å². The summed E-state index contributed by atoms with van der Waals surface area (Å²) >= 11 is 6.21. The lowest BCUT2D eigenvalue weighted by Crippen LogP contribution is -2.15. The van der Waals surface area contributed by atoms with Gasteiger partial charge in [-0.05, 0) is 30.9 Å². The molecule has 1 N–H and O–H groups in total. The van der Waals surface area contributed by atoms with Crippen LogP contribution in [0.1, 0.15) is 57.4 Å². The summed E-state index contributed by atoms with van der Waals surface area (Å²) in [5.74, 6) is 0.567. The lowest BCUT2D eigenvalue weighted by Gasteiger charge is -2.09. The topological polar surface area (TPSA) is 34.1 Å². The smallest absolute Gasteiger partial charge is 0.232 e. The van der Waals surface area contributed by atoms with Crippen molar-refractivity contribution in [2.45, 2.75) is 64.5 Å². The molecule has 0 amide bonds. The van der Waals surface area contributed by atoms with Gasteiger partial charge in [0, 0.05) is 18.8 Å². The van der Waals surface area contributed by atoms with Crippen molar-refractivity contribution in [3.8, 4) is 5.88 Å². The Morgan fingerprint density at radius 3 is 2.80 bits per heavy atom. The van der Waals surface area contributed by atoms with Crippen LogP contribution < -0.4 is 10.1 Å². The van der Waals surface area contributed by atoms with Gasteiger partial charge in [0.15, 0.2) is 0 Å². The van der Waals surface area contributed by atoms with E-state index in [1.165, 1.54) is 38.5 Å². The Labute approximate surface area is 127 Å². The van der Waals surface area contributed by atoms with E-state index in [1.54, 1.807) is 0 Å². The van der Waals surface area contributed by atoms with Gasteiger partial charge in [0.1, 0.15) is 5.02 Å². The maximum absolute atomic E-state index is 6.21. The van der Waals surface area contributed by atoms with Crippen LogP contribution in [0.5, 0.6) is 5.88 Å². The third-order valence-corrected chi connectivity index (χ3v) is 3.79. The number of nitrogens with one attached hydrogen (secondary N) is 1. The van der Waals surface area contributed by atoms with E-state index in [0.29, 0.717) is 23.6 Å². The first-order valence-electron chi connectivity index (χ1n) is 7.80. The van der Waals surface area contributed by atoms with Crippen LogP contribution in [0.2, 0.25) is 5.02 Å². The van der Waals surface area contributed by atoms with E-state index in [0.717, 1.165) is 18.5 Å². The predicted molar refractivity (Wildman–Crippen MR) is 83.4 cm³/mol. The number of rotatable bonds is 10. The summed E-state index contributed by atoms with van der Waals surface area (Å²) in [6.45, 7) is 3.77. The first-order valence-corrected chi connectivity index (χ1v) is 8.18. The third kappa shape index (κ3) is 5.68. The highest BCUT2D eigenvalue weighted by Crippen LogP contribution is 2.24. The normalized spacial score (nSPS) is 14.5. The molecule has 0 saturated heterocycles. The summed E-state index contributed by atoms with van der Waals surface area (Å²) in [5, 5.41) is 4.07. The molecule has 1 aromatic rings. The number of hydrogen-bond acceptors (Lipinski definition) is 3. The van der Waals surface area contributed by atoms with Gasteiger partial charge in [0.2, 0.25) is 5.88 Å². The van der Waals surface area contributed by atoms with Crippen LogP contribution in [0.4, 0.5) is 0 Å². The van der Waals surface area contributed by atoms with E-state index in [4.69, 9.17) is 16.3 Å². The van der Waals surface area contributed by atoms with Crippen LogP contribution in [0.3, 0.4) is 0 Å². The molecular formula is C16H25ClN2O. The van der Waals surface area contributed by atoms with Gasteiger partial charge in [-0.1, -0.05) is 44.2 Å². The zero-order valence-corrected chi connectivity index (χ0v) is 13.1. The fourth-order valence-corrected chi connectivity index (χ4v) is 2.34. The number of hydrogen-bond donors (Lipinski definition) is 1. The molecule has 1 aromatic heterocycles. The lowest BCUT2D eigenvalue weighted by atomic mass is 10.2. The number of nitrogens with zero attached hydrogens (tertiary/aromatic N) is 1. The fraction of sp³-hybridized carbons (Fsp3) is 0.688. The van der Waals surface area contributed by atoms with Gasteiger partial charge >= 0.3 is 0 Å². The second-order valence-electron chi connectivity index (χ2n) is 5.55. The first-order chi connectivity index (χ1) is 9.79. The Morgan fingerprint density at radius 1 is 1.30 bits per heavy atom. The van der Waals surface area contributed by atoms with Crippen molar-refractivity contribution < 1.29 is 4.74 Å². The second-order valence-corrected chi connectivity index (χ2v) is 5.96. The summed E-state index contributed by atoms with van der Waals surface area (Å²) in [7, 11) is 0. The van der Waals surface area contributed by atoms with Gasteiger partial charge in [-0.2, -0.15) is 0 Å². The zero-order chi connectivity index (χ0) is 14.2. The largest absolute Gasteiger partial charge is 0.477 e. The van der Waals surface area contributed by atoms with Gasteiger partial charge in [-0.15, -0.1) is 0 Å². The molecule has 0 spiro atoms. The maximum atomic E-state index is 6.21. The van der Waals surface area contributed by atoms with E-state index >= 15 is 0 Å². The molecule has 1 heterocycles. The highest BCUT2D eigenvalue weighted by molar-refractivity contribution is 6.31. The Kier molecular flexibility index (Phi) is 6.61. The summed E-state index contributed by atoms with van der Waals surface area (Å²) in [6, 6.07) is 2.66. The van der Waals surface area contributed by atoms with Gasteiger partial charge in [0.05, 0.1) is 6.61 Å². The molecular weight excluding hydrogens is 272 g/mol. The standard InChI is InChI=1S/C16H25ClN2O/c1-2-3-4-5-6-9-20-16-15(17)10-13(12-19-16)11-18-14-7-8-14/h10,12,14,18H,2-9,11H2,1H3. The summed E-state index contributed by atoms with van der Waals surface area (Å²) in [5.41, 5.74) is 1.12. The zero-order valence-electron chi connectivity index (χ0n) is 12.3. The average Bonchev–Trinajstić information content (AvgIpc) is 3.26. The molecule has 20 heavy (non-hydrogen) atoms. The number of pyridine rings is 1. The van der Waals surface area contributed by atoms with Crippen molar-refractivity contribution in [1.82, 2.24) is 10.3 Å². The Morgan fingerprint density at radius 2 is 2.10 bits per heavy atom. The summed E-state index contributed by atoms with van der Waals surface area (Å²) < 4.78 is 5.65. The van der Waals surface area contributed by atoms with Crippen molar-refractivity contribution in [2.24, 2.45) is 0 Å². The molecule has 0 aliphatic heterocycles. The van der Waals surface area contributed by atoms with E-state index in [2.05, 4.69) is 17.2 Å². The molecule has 2 rings (SSSR count). The molecule has 1 aliphatic rings. The van der Waals surface area contributed by atoms with E-state index in [-0.39, 0.29) is 0 Å². The highest BCUT2D eigenvalue weighted by atomic mass is 35.5. The highest BCUT2D eigenvalue weighted by Gasteiger charge is 2.20. The number of unbranched alkanes of at least 4 members (excludes halogenated alkanes) is 4. The molecule has 0 aromatic carbocycles. The molecule has 4 heteroatoms. The monoisotopic (exact) mass is 296 g/mol. The molecule has 0 bridgehead atoms. The molecule has 1 fully saturated rings. The Hall–Kier alpha value is -0.800. The number of ether oxygens (including phenoxy) is 1. The molecule has 0 atom stereocenters. The minimum atomic E-state index is 0.567. The first kappa shape index (κ1) is 15.6. The molecule has 1 saturated carbocycles. The summed E-state index contributed by atoms with van der Waals surface area (Å²) in [6.07, 6.45) is 10.6. The Bertz CT molecular complexity index is 407. The number of halogens is 1. The average molecular weight is 297 g/mol. The van der Waals surface area contributed by atoms with Gasteiger partial charge in [0.25, 0.3) is 0 Å². The minimum absolute atomic E-state index is 0.567. The molecule has 1 aliphatic carbocycles. The van der Waals surface area contributed by atoms with Crippen molar-refractivity contribution in [3.63, 3.8) is 0 Å². The van der Waals surface area contributed by atoms with Crippen LogP contribution in [0.25, 0.3) is 0 Å². The summed E-state index contributed by atoms with van der Waals surface area (Å²) in [4.78, 5) is 4.32. The van der Waals surface area contributed by atoms with Crippen LogP contribution in [0, 0.1) is 0 Å². The van der Waals surface area contributed by atoms with E-state index in [9.17, 15) is 0 Å². The maximum Gasteiger partial charge on any atom is 0.232 e. The quantitative estimate of drug-likeness (QED) is 0.652. The van der Waals surface area contributed by atoms with Gasteiger partial charge < -0.3 is 10.1 Å². The van der Waals surface area contributed by atoms with Crippen LogP contribution >= 0.6 is 11.6 Å². The van der Waals surface area contributed by atoms with Crippen molar-refractivity contribution in [3.05, 3.63) is 22.8 Å². The van der Waals surface area contributed by atoms with Crippen molar-refractivity contribution >= 4 is 11.6 Å². The van der Waals surface area contributed by atoms with Crippen LogP contribution in [0.15, 0.2) is 12.3 Å². The van der Waals surface area contributed by atoms with Crippen LogP contribution in [-0.4, -0.2) is 17.6 Å². The number of aromatic nitrogens is 1. The fourth-order valence-electron chi connectivity index (χ4n) is 2.09. The second kappa shape index (κ2) is 8.48. The molecule has 0 radical (unpaired) electrons. The molecule has 3 nitrogen and oxygen atoms in total. The third-order valence-electron chi connectivity index (χ3n) is 3.52. The van der Waals surface area contributed by atoms with Gasteiger partial charge in [-0.3, -0.25) is 0 Å². The van der Waals surface area contributed by atoms with E-state index in [1.807, 2.05) is 12.3 Å². The molecule has 112 valence electrons. The van der Waals surface area contributed by atoms with Crippen LogP contribution in [-0.2, 0) is 6.54 Å². The van der Waals surface area contributed by atoms with Crippen molar-refractivity contribution in [1.29, 1.82) is 0 Å². The van der Waals surface area contributed by atoms with Gasteiger partial charge in [-0.25, -0.2) is 4.98 Å². The Balaban J connectivity index is 1.68. The lowest BCUT2D eigenvalue weighted by molar-refractivity contribution is 0.293. The minimum Gasteiger partial charge on any atom is -0.477 e. The predicted octanol–water partition coefficient (Wildman–Crippen LogP) is 4.34.